The minimum atomic E-state index is 0.937. The second kappa shape index (κ2) is 2.72. The first kappa shape index (κ1) is 7.10. The third kappa shape index (κ3) is 1.46. The largest absolute Gasteiger partial charge is 0.128 e. The molecule has 0 fully saturated rings. The number of aryl methyl sites for hydroxylation is 2. The molecule has 0 aliphatic rings. The summed E-state index contributed by atoms with van der Waals surface area (Å²) in [6, 6.07) is 2.15. The van der Waals surface area contributed by atoms with Gasteiger partial charge in [-0.1, -0.05) is 18.5 Å². The van der Waals surface area contributed by atoms with E-state index in [1.165, 1.54) is 10.4 Å². The highest BCUT2D eigenvalue weighted by Gasteiger charge is 1.99. The molecular weight excluding hydrogens is 152 g/mol. The molecule has 0 spiro atoms. The van der Waals surface area contributed by atoms with Crippen molar-refractivity contribution in [2.24, 2.45) is 0 Å². The van der Waals surface area contributed by atoms with E-state index in [2.05, 4.69) is 13.0 Å². The molecule has 0 atom stereocenters. The zero-order valence-corrected chi connectivity index (χ0v) is 7.14. The molecule has 0 amide bonds. The third-order valence-electron chi connectivity index (χ3n) is 1.26. The van der Waals surface area contributed by atoms with Crippen LogP contribution < -0.4 is 0 Å². The van der Waals surface area contributed by atoms with Crippen LogP contribution in [-0.2, 0) is 6.42 Å². The average molecular weight is 161 g/mol. The molecule has 0 bridgehead atoms. The van der Waals surface area contributed by atoms with Gasteiger partial charge in [0.25, 0.3) is 0 Å². The standard InChI is InChI=1S/C7H9ClS/c1-3-6-4-5(2)7(8)9-6/h4H,3H2,1-2H3. The second-order valence-corrected chi connectivity index (χ2v) is 3.76. The van der Waals surface area contributed by atoms with Gasteiger partial charge in [0.15, 0.2) is 0 Å². The first-order valence-electron chi connectivity index (χ1n) is 2.99. The van der Waals surface area contributed by atoms with Gasteiger partial charge in [0, 0.05) is 4.88 Å². The molecular formula is C7H9ClS. The maximum atomic E-state index is 5.83. The lowest BCUT2D eigenvalue weighted by molar-refractivity contribution is 1.18. The predicted octanol–water partition coefficient (Wildman–Crippen LogP) is 3.27. The van der Waals surface area contributed by atoms with Crippen LogP contribution >= 0.6 is 22.9 Å². The van der Waals surface area contributed by atoms with E-state index in [0.29, 0.717) is 0 Å². The summed E-state index contributed by atoms with van der Waals surface area (Å²) in [5.74, 6) is 0. The Morgan fingerprint density at radius 1 is 1.67 bits per heavy atom. The van der Waals surface area contributed by atoms with Crippen LogP contribution in [0.2, 0.25) is 4.34 Å². The van der Waals surface area contributed by atoms with Crippen LogP contribution in [0.5, 0.6) is 0 Å². The Kier molecular flexibility index (Phi) is 2.14. The molecule has 0 radical (unpaired) electrons. The zero-order chi connectivity index (χ0) is 6.85. The Balaban J connectivity index is 2.98. The summed E-state index contributed by atoms with van der Waals surface area (Å²) in [4.78, 5) is 1.37. The Morgan fingerprint density at radius 3 is 2.56 bits per heavy atom. The Morgan fingerprint density at radius 2 is 2.33 bits per heavy atom. The molecule has 1 rings (SSSR count). The van der Waals surface area contributed by atoms with Gasteiger partial charge in [-0.25, -0.2) is 0 Å². The van der Waals surface area contributed by atoms with E-state index >= 15 is 0 Å². The highest BCUT2D eigenvalue weighted by Crippen LogP contribution is 2.26. The molecule has 0 N–H and O–H groups in total. The lowest BCUT2D eigenvalue weighted by Crippen LogP contribution is -1.65. The number of halogens is 1. The monoisotopic (exact) mass is 160 g/mol. The molecule has 0 aliphatic carbocycles. The van der Waals surface area contributed by atoms with E-state index < -0.39 is 0 Å². The minimum absolute atomic E-state index is 0.937. The van der Waals surface area contributed by atoms with Gasteiger partial charge in [-0.15, -0.1) is 11.3 Å². The van der Waals surface area contributed by atoms with E-state index in [0.717, 1.165) is 10.8 Å². The number of hydrogen-bond acceptors (Lipinski definition) is 1. The van der Waals surface area contributed by atoms with Crippen molar-refractivity contribution in [2.45, 2.75) is 20.3 Å². The van der Waals surface area contributed by atoms with Crippen LogP contribution in [-0.4, -0.2) is 0 Å². The van der Waals surface area contributed by atoms with Gasteiger partial charge in [-0.05, 0) is 25.0 Å². The fourth-order valence-corrected chi connectivity index (χ4v) is 1.88. The van der Waals surface area contributed by atoms with Crippen molar-refractivity contribution in [1.29, 1.82) is 0 Å². The normalized spacial score (nSPS) is 10.1. The fourth-order valence-electron chi connectivity index (χ4n) is 0.698. The molecule has 0 aliphatic heterocycles. The SMILES string of the molecule is CCc1cc(C)c(Cl)s1. The van der Waals surface area contributed by atoms with Gasteiger partial charge in [-0.3, -0.25) is 0 Å². The summed E-state index contributed by atoms with van der Waals surface area (Å²) in [5.41, 5.74) is 1.21. The molecule has 0 saturated carbocycles. The first-order valence-corrected chi connectivity index (χ1v) is 4.18. The number of hydrogen-bond donors (Lipinski definition) is 0. The molecule has 0 saturated heterocycles. The van der Waals surface area contributed by atoms with Crippen molar-refractivity contribution in [3.8, 4) is 0 Å². The third-order valence-corrected chi connectivity index (χ3v) is 2.96. The van der Waals surface area contributed by atoms with Crippen LogP contribution in [0.4, 0.5) is 0 Å². The van der Waals surface area contributed by atoms with Crippen molar-refractivity contribution in [3.05, 3.63) is 20.8 Å². The van der Waals surface area contributed by atoms with Gasteiger partial charge < -0.3 is 0 Å². The van der Waals surface area contributed by atoms with E-state index in [9.17, 15) is 0 Å². The van der Waals surface area contributed by atoms with Crippen LogP contribution in [0.1, 0.15) is 17.4 Å². The summed E-state index contributed by atoms with van der Waals surface area (Å²) in [5, 5.41) is 0. The van der Waals surface area contributed by atoms with E-state index in [-0.39, 0.29) is 0 Å². The van der Waals surface area contributed by atoms with E-state index in [1.54, 1.807) is 11.3 Å². The van der Waals surface area contributed by atoms with Crippen molar-refractivity contribution in [1.82, 2.24) is 0 Å². The number of rotatable bonds is 1. The molecule has 2 heteroatoms. The van der Waals surface area contributed by atoms with E-state index in [4.69, 9.17) is 11.6 Å². The molecule has 1 heterocycles. The van der Waals surface area contributed by atoms with E-state index in [1.807, 2.05) is 6.92 Å². The fraction of sp³-hybridized carbons (Fsp3) is 0.429. The molecule has 1 aromatic rings. The average Bonchev–Trinajstić information content (AvgIpc) is 2.13. The van der Waals surface area contributed by atoms with Crippen LogP contribution in [0, 0.1) is 6.92 Å². The smallest absolute Gasteiger partial charge is 0.0960 e. The van der Waals surface area contributed by atoms with Crippen molar-refractivity contribution in [2.75, 3.05) is 0 Å². The topological polar surface area (TPSA) is 0 Å². The summed E-state index contributed by atoms with van der Waals surface area (Å²) in [7, 11) is 0. The highest BCUT2D eigenvalue weighted by atomic mass is 35.5. The van der Waals surface area contributed by atoms with Gasteiger partial charge >= 0.3 is 0 Å². The minimum Gasteiger partial charge on any atom is -0.128 e. The molecule has 0 nitrogen and oxygen atoms in total. The second-order valence-electron chi connectivity index (χ2n) is 2.02. The first-order chi connectivity index (χ1) is 4.24. The summed E-state index contributed by atoms with van der Waals surface area (Å²) >= 11 is 7.51. The van der Waals surface area contributed by atoms with Crippen molar-refractivity contribution < 1.29 is 0 Å². The van der Waals surface area contributed by atoms with Crippen molar-refractivity contribution >= 4 is 22.9 Å². The summed E-state index contributed by atoms with van der Waals surface area (Å²) < 4.78 is 0.937. The summed E-state index contributed by atoms with van der Waals surface area (Å²) in [6.45, 7) is 4.18. The lowest BCUT2D eigenvalue weighted by atomic mass is 10.3. The highest BCUT2D eigenvalue weighted by molar-refractivity contribution is 7.16. The molecule has 0 aromatic carbocycles. The molecule has 1 aromatic heterocycles. The molecule has 50 valence electrons. The van der Waals surface area contributed by atoms with Crippen LogP contribution in [0.3, 0.4) is 0 Å². The molecule has 0 unspecified atom stereocenters. The maximum Gasteiger partial charge on any atom is 0.0960 e. The quantitative estimate of drug-likeness (QED) is 0.592. The Hall–Kier alpha value is -0.0100. The Bertz CT molecular complexity index is 183. The zero-order valence-electron chi connectivity index (χ0n) is 5.57. The summed E-state index contributed by atoms with van der Waals surface area (Å²) in [6.07, 6.45) is 1.10. The van der Waals surface area contributed by atoms with Gasteiger partial charge in [0.05, 0.1) is 4.34 Å². The molecule has 9 heavy (non-hydrogen) atoms. The van der Waals surface area contributed by atoms with Gasteiger partial charge in [0.1, 0.15) is 0 Å². The van der Waals surface area contributed by atoms with Crippen LogP contribution in [0.25, 0.3) is 0 Å². The van der Waals surface area contributed by atoms with Crippen LogP contribution in [0.15, 0.2) is 6.07 Å². The maximum absolute atomic E-state index is 5.83. The van der Waals surface area contributed by atoms with Gasteiger partial charge in [-0.2, -0.15) is 0 Å². The predicted molar refractivity (Wildman–Crippen MR) is 43.4 cm³/mol. The van der Waals surface area contributed by atoms with Crippen molar-refractivity contribution in [3.63, 3.8) is 0 Å². The number of thiophene rings is 1. The lowest BCUT2D eigenvalue weighted by Gasteiger charge is -1.79. The Labute approximate surface area is 64.5 Å². The van der Waals surface area contributed by atoms with Gasteiger partial charge in [0.2, 0.25) is 0 Å².